The van der Waals surface area contributed by atoms with Gasteiger partial charge < -0.3 is 19.1 Å². The third-order valence-corrected chi connectivity index (χ3v) is 6.20. The third-order valence-electron chi connectivity index (χ3n) is 5.67. The van der Waals surface area contributed by atoms with E-state index in [1.165, 1.54) is 4.90 Å². The summed E-state index contributed by atoms with van der Waals surface area (Å²) in [6.07, 6.45) is -0.0414. The van der Waals surface area contributed by atoms with Gasteiger partial charge in [0, 0.05) is 28.7 Å². The number of carbonyl (C=O) groups excluding carboxylic acids is 4. The lowest BCUT2D eigenvalue weighted by atomic mass is 10.1. The minimum Gasteiger partial charge on any atom is -0.493 e. The van der Waals surface area contributed by atoms with Crippen LogP contribution in [0.4, 0.5) is 5.69 Å². The molecule has 10 nitrogen and oxygen atoms in total. The smallest absolute Gasteiger partial charge is 0.311 e. The molecule has 0 spiro atoms. The van der Waals surface area contributed by atoms with Crippen molar-refractivity contribution in [3.63, 3.8) is 0 Å². The van der Waals surface area contributed by atoms with Crippen LogP contribution in [0.5, 0.6) is 17.2 Å². The SMILES string of the molecule is COc1ccccc1Oc1ccc(N2C[C@@H](C(=O)OCC(=O)NNC(=O)c3ccc(Br)cc3)CC2=O)cc1. The van der Waals surface area contributed by atoms with Crippen LogP contribution < -0.4 is 25.2 Å². The number of amides is 3. The van der Waals surface area contributed by atoms with Crippen molar-refractivity contribution in [3.05, 3.63) is 82.8 Å². The highest BCUT2D eigenvalue weighted by Gasteiger charge is 2.36. The van der Waals surface area contributed by atoms with Crippen molar-refractivity contribution in [1.82, 2.24) is 10.9 Å². The van der Waals surface area contributed by atoms with Crippen LogP contribution in [0.25, 0.3) is 0 Å². The zero-order valence-electron chi connectivity index (χ0n) is 20.3. The number of hydrazine groups is 1. The van der Waals surface area contributed by atoms with E-state index in [0.29, 0.717) is 28.5 Å². The van der Waals surface area contributed by atoms with Crippen LogP contribution in [-0.2, 0) is 19.1 Å². The number of halogens is 1. The second kappa shape index (κ2) is 12.2. The first-order valence-corrected chi connectivity index (χ1v) is 12.4. The minimum atomic E-state index is -0.725. The number of anilines is 1. The van der Waals surface area contributed by atoms with Gasteiger partial charge in [0.1, 0.15) is 5.75 Å². The summed E-state index contributed by atoms with van der Waals surface area (Å²) in [6, 6.07) is 20.6. The predicted molar refractivity (Wildman–Crippen MR) is 141 cm³/mol. The van der Waals surface area contributed by atoms with E-state index in [1.54, 1.807) is 67.8 Å². The van der Waals surface area contributed by atoms with Crippen molar-refractivity contribution < 1.29 is 33.4 Å². The number of benzene rings is 3. The van der Waals surface area contributed by atoms with Gasteiger partial charge in [0.05, 0.1) is 13.0 Å². The van der Waals surface area contributed by atoms with Crippen molar-refractivity contribution in [1.29, 1.82) is 0 Å². The standard InChI is InChI=1S/C27H24BrN3O7/c1-36-22-4-2-3-5-23(22)38-21-12-10-20(11-13-21)31-15-18(14-25(31)33)27(35)37-16-24(32)29-30-26(34)17-6-8-19(28)9-7-17/h2-13,18H,14-16H2,1H3,(H,29,32)(H,30,34)/t18-/m0/s1. The Kier molecular flexibility index (Phi) is 8.59. The summed E-state index contributed by atoms with van der Waals surface area (Å²) < 4.78 is 17.0. The quantitative estimate of drug-likeness (QED) is 0.307. The van der Waals surface area contributed by atoms with Crippen molar-refractivity contribution in [2.24, 2.45) is 5.92 Å². The molecule has 1 aliphatic heterocycles. The number of methoxy groups -OCH3 is 1. The lowest BCUT2D eigenvalue weighted by molar-refractivity contribution is -0.152. The summed E-state index contributed by atoms with van der Waals surface area (Å²) in [5.74, 6) is -1.17. The van der Waals surface area contributed by atoms with E-state index in [9.17, 15) is 19.2 Å². The average molecular weight is 582 g/mol. The third kappa shape index (κ3) is 6.68. The number of rotatable bonds is 8. The van der Waals surface area contributed by atoms with Gasteiger partial charge in [-0.05, 0) is 60.7 Å². The molecule has 38 heavy (non-hydrogen) atoms. The summed E-state index contributed by atoms with van der Waals surface area (Å²) in [6.45, 7) is -0.481. The Hall–Kier alpha value is -4.38. The molecule has 11 heteroatoms. The second-order valence-electron chi connectivity index (χ2n) is 8.27. The van der Waals surface area contributed by atoms with E-state index in [4.69, 9.17) is 14.2 Å². The molecular weight excluding hydrogens is 558 g/mol. The Balaban J connectivity index is 1.25. The summed E-state index contributed by atoms with van der Waals surface area (Å²) in [7, 11) is 1.56. The normalized spacial score (nSPS) is 14.5. The van der Waals surface area contributed by atoms with Gasteiger partial charge in [-0.25, -0.2) is 0 Å². The minimum absolute atomic E-state index is 0.0414. The molecular formula is C27H24BrN3O7. The Morgan fingerprint density at radius 1 is 0.947 bits per heavy atom. The van der Waals surface area contributed by atoms with Gasteiger partial charge in [0.25, 0.3) is 11.8 Å². The molecule has 4 rings (SSSR count). The zero-order chi connectivity index (χ0) is 27.1. The number of para-hydroxylation sites is 2. The predicted octanol–water partition coefficient (Wildman–Crippen LogP) is 3.61. The topological polar surface area (TPSA) is 123 Å². The Labute approximate surface area is 227 Å². The molecule has 1 heterocycles. The molecule has 1 aliphatic rings. The molecule has 0 bridgehead atoms. The maximum absolute atomic E-state index is 12.6. The Morgan fingerprint density at radius 3 is 2.32 bits per heavy atom. The maximum atomic E-state index is 12.6. The summed E-state index contributed by atoms with van der Waals surface area (Å²) >= 11 is 3.27. The van der Waals surface area contributed by atoms with Crippen LogP contribution in [0.3, 0.4) is 0 Å². The molecule has 196 valence electrons. The van der Waals surface area contributed by atoms with Gasteiger partial charge in [-0.15, -0.1) is 0 Å². The number of hydrogen-bond acceptors (Lipinski definition) is 7. The van der Waals surface area contributed by atoms with Crippen molar-refractivity contribution in [2.45, 2.75) is 6.42 Å². The molecule has 0 unspecified atom stereocenters. The second-order valence-corrected chi connectivity index (χ2v) is 9.18. The molecule has 0 aliphatic carbocycles. The van der Waals surface area contributed by atoms with E-state index in [1.807, 2.05) is 12.1 Å². The highest BCUT2D eigenvalue weighted by molar-refractivity contribution is 9.10. The van der Waals surface area contributed by atoms with E-state index in [2.05, 4.69) is 26.8 Å². The average Bonchev–Trinajstić information content (AvgIpc) is 3.33. The summed E-state index contributed by atoms with van der Waals surface area (Å²) in [5.41, 5.74) is 5.38. The molecule has 1 saturated heterocycles. The molecule has 0 saturated carbocycles. The number of hydrogen-bond donors (Lipinski definition) is 2. The summed E-state index contributed by atoms with van der Waals surface area (Å²) in [4.78, 5) is 50.6. The fourth-order valence-electron chi connectivity index (χ4n) is 3.73. The van der Waals surface area contributed by atoms with Gasteiger partial charge in [0.15, 0.2) is 18.1 Å². The van der Waals surface area contributed by atoms with Gasteiger partial charge >= 0.3 is 5.97 Å². The first-order chi connectivity index (χ1) is 18.3. The molecule has 0 aromatic heterocycles. The number of esters is 1. The first-order valence-electron chi connectivity index (χ1n) is 11.6. The van der Waals surface area contributed by atoms with Crippen LogP contribution >= 0.6 is 15.9 Å². The molecule has 0 radical (unpaired) electrons. The molecule has 1 atom stereocenters. The lowest BCUT2D eigenvalue weighted by Gasteiger charge is -2.17. The van der Waals surface area contributed by atoms with Crippen LogP contribution in [0, 0.1) is 5.92 Å². The molecule has 3 aromatic carbocycles. The van der Waals surface area contributed by atoms with E-state index in [-0.39, 0.29) is 18.9 Å². The maximum Gasteiger partial charge on any atom is 0.311 e. The highest BCUT2D eigenvalue weighted by atomic mass is 79.9. The molecule has 3 aromatic rings. The number of nitrogens with zero attached hydrogens (tertiary/aromatic N) is 1. The summed E-state index contributed by atoms with van der Waals surface area (Å²) in [5, 5.41) is 0. The van der Waals surface area contributed by atoms with Gasteiger partial charge in [-0.2, -0.15) is 0 Å². The van der Waals surface area contributed by atoms with Crippen LogP contribution in [0.1, 0.15) is 16.8 Å². The number of carbonyl (C=O) groups is 4. The zero-order valence-corrected chi connectivity index (χ0v) is 21.9. The van der Waals surface area contributed by atoms with Crippen molar-refractivity contribution in [3.8, 4) is 17.2 Å². The highest BCUT2D eigenvalue weighted by Crippen LogP contribution is 2.33. The van der Waals surface area contributed by atoms with E-state index >= 15 is 0 Å². The van der Waals surface area contributed by atoms with Crippen LogP contribution in [-0.4, -0.2) is 44.0 Å². The van der Waals surface area contributed by atoms with Gasteiger partial charge in [0.2, 0.25) is 5.91 Å². The monoisotopic (exact) mass is 581 g/mol. The van der Waals surface area contributed by atoms with E-state index in [0.717, 1.165) is 4.47 Å². The molecule has 3 amide bonds. The number of ether oxygens (including phenoxy) is 3. The van der Waals surface area contributed by atoms with Gasteiger partial charge in [-0.1, -0.05) is 28.1 Å². The van der Waals surface area contributed by atoms with Crippen molar-refractivity contribution >= 4 is 45.3 Å². The molecule has 1 fully saturated rings. The number of nitrogens with one attached hydrogen (secondary N) is 2. The lowest BCUT2D eigenvalue weighted by Crippen LogP contribution is -2.43. The largest absolute Gasteiger partial charge is 0.493 e. The van der Waals surface area contributed by atoms with Crippen LogP contribution in [0.15, 0.2) is 77.3 Å². The molecule has 2 N–H and O–H groups in total. The Morgan fingerprint density at radius 2 is 1.63 bits per heavy atom. The van der Waals surface area contributed by atoms with Crippen molar-refractivity contribution in [2.75, 3.05) is 25.2 Å². The first kappa shape index (κ1) is 26.7. The van der Waals surface area contributed by atoms with E-state index < -0.39 is 30.3 Å². The fourth-order valence-corrected chi connectivity index (χ4v) is 3.99. The van der Waals surface area contributed by atoms with Crippen LogP contribution in [0.2, 0.25) is 0 Å². The van der Waals surface area contributed by atoms with Gasteiger partial charge in [-0.3, -0.25) is 30.0 Å². The Bertz CT molecular complexity index is 1330. The fraction of sp³-hybridized carbons (Fsp3) is 0.185.